The van der Waals surface area contributed by atoms with Gasteiger partial charge in [-0.2, -0.15) is 0 Å². The number of benzene rings is 2. The van der Waals surface area contributed by atoms with E-state index >= 15 is 0 Å². The van der Waals surface area contributed by atoms with E-state index in [0.717, 1.165) is 27.9 Å². The minimum Gasteiger partial charge on any atom is -0.441 e. The molecular formula is C16H13Br2NO. The molecule has 0 saturated heterocycles. The van der Waals surface area contributed by atoms with Crippen molar-refractivity contribution in [2.45, 2.75) is 18.2 Å². The van der Waals surface area contributed by atoms with Crippen LogP contribution in [0.3, 0.4) is 0 Å². The number of aromatic nitrogens is 1. The van der Waals surface area contributed by atoms with E-state index in [2.05, 4.69) is 62.0 Å². The van der Waals surface area contributed by atoms with Crippen molar-refractivity contribution in [3.63, 3.8) is 0 Å². The molecule has 0 amide bonds. The number of rotatable bonds is 3. The van der Waals surface area contributed by atoms with Gasteiger partial charge >= 0.3 is 0 Å². The van der Waals surface area contributed by atoms with E-state index in [-0.39, 0.29) is 4.83 Å². The van der Waals surface area contributed by atoms with Crippen LogP contribution in [0.2, 0.25) is 0 Å². The summed E-state index contributed by atoms with van der Waals surface area (Å²) < 4.78 is 6.86. The van der Waals surface area contributed by atoms with E-state index < -0.39 is 0 Å². The van der Waals surface area contributed by atoms with Crippen molar-refractivity contribution in [1.29, 1.82) is 0 Å². The van der Waals surface area contributed by atoms with Crippen LogP contribution in [0.5, 0.6) is 0 Å². The molecule has 0 aliphatic rings. The van der Waals surface area contributed by atoms with E-state index in [0.29, 0.717) is 0 Å². The normalized spacial score (nSPS) is 12.8. The Bertz CT molecular complexity index is 698. The molecule has 1 heterocycles. The van der Waals surface area contributed by atoms with Gasteiger partial charge in [-0.1, -0.05) is 50.1 Å². The van der Waals surface area contributed by atoms with Crippen molar-refractivity contribution in [3.05, 3.63) is 64.0 Å². The molecule has 20 heavy (non-hydrogen) atoms. The fraction of sp³-hybridized carbons (Fsp3) is 0.188. The van der Waals surface area contributed by atoms with Gasteiger partial charge in [-0.05, 0) is 42.3 Å². The number of para-hydroxylation sites is 2. The van der Waals surface area contributed by atoms with Crippen LogP contribution in [-0.4, -0.2) is 4.98 Å². The van der Waals surface area contributed by atoms with Gasteiger partial charge in [-0.3, -0.25) is 0 Å². The number of nitrogens with zero attached hydrogens (tertiary/aromatic N) is 1. The largest absolute Gasteiger partial charge is 0.441 e. The van der Waals surface area contributed by atoms with Crippen LogP contribution in [0.4, 0.5) is 0 Å². The van der Waals surface area contributed by atoms with Gasteiger partial charge in [0.05, 0.1) is 0 Å². The maximum absolute atomic E-state index is 5.77. The van der Waals surface area contributed by atoms with Gasteiger partial charge in [0.15, 0.2) is 11.5 Å². The van der Waals surface area contributed by atoms with Gasteiger partial charge in [-0.25, -0.2) is 4.98 Å². The van der Waals surface area contributed by atoms with E-state index in [4.69, 9.17) is 4.42 Å². The van der Waals surface area contributed by atoms with Gasteiger partial charge in [-0.15, -0.1) is 0 Å². The molecule has 0 N–H and O–H groups in total. The molecule has 1 atom stereocenters. The Hall–Kier alpha value is -1.13. The Morgan fingerprint density at radius 3 is 2.75 bits per heavy atom. The van der Waals surface area contributed by atoms with Gasteiger partial charge in [0, 0.05) is 15.7 Å². The summed E-state index contributed by atoms with van der Waals surface area (Å²) in [5, 5.41) is 0. The third-order valence-corrected chi connectivity index (χ3v) is 4.43. The Kier molecular flexibility index (Phi) is 3.94. The van der Waals surface area contributed by atoms with Crippen LogP contribution in [0, 0.1) is 6.92 Å². The zero-order valence-corrected chi connectivity index (χ0v) is 14.1. The first kappa shape index (κ1) is 13.8. The highest BCUT2D eigenvalue weighted by Crippen LogP contribution is 2.30. The number of hydrogen-bond donors (Lipinski definition) is 0. The highest BCUT2D eigenvalue weighted by atomic mass is 79.9. The zero-order chi connectivity index (χ0) is 14.1. The second-order valence-corrected chi connectivity index (χ2v) is 6.83. The fourth-order valence-electron chi connectivity index (χ4n) is 2.22. The average Bonchev–Trinajstić information content (AvgIpc) is 2.79. The van der Waals surface area contributed by atoms with E-state index in [9.17, 15) is 0 Å². The molecule has 2 nitrogen and oxygen atoms in total. The summed E-state index contributed by atoms with van der Waals surface area (Å²) in [7, 11) is 0. The Morgan fingerprint density at radius 1 is 1.20 bits per heavy atom. The van der Waals surface area contributed by atoms with E-state index in [1.165, 1.54) is 11.1 Å². The van der Waals surface area contributed by atoms with Crippen LogP contribution in [0.1, 0.15) is 21.8 Å². The first-order valence-electron chi connectivity index (χ1n) is 6.37. The molecule has 2 aromatic carbocycles. The molecule has 102 valence electrons. The fourth-order valence-corrected chi connectivity index (χ4v) is 3.39. The first-order valence-corrected chi connectivity index (χ1v) is 8.08. The van der Waals surface area contributed by atoms with Crippen LogP contribution >= 0.6 is 31.9 Å². The van der Waals surface area contributed by atoms with Crippen molar-refractivity contribution >= 4 is 43.0 Å². The van der Waals surface area contributed by atoms with Gasteiger partial charge in [0.2, 0.25) is 0 Å². The molecule has 1 aromatic heterocycles. The van der Waals surface area contributed by atoms with Crippen LogP contribution < -0.4 is 0 Å². The number of oxazole rings is 1. The molecule has 0 bridgehead atoms. The van der Waals surface area contributed by atoms with Crippen molar-refractivity contribution < 1.29 is 4.42 Å². The predicted octanol–water partition coefficient (Wildman–Crippen LogP) is 5.58. The summed E-state index contributed by atoms with van der Waals surface area (Å²) in [6, 6.07) is 14.2. The Labute approximate surface area is 134 Å². The first-order chi connectivity index (χ1) is 9.61. The molecule has 0 aliphatic heterocycles. The molecule has 0 spiro atoms. The summed E-state index contributed by atoms with van der Waals surface area (Å²) in [6.07, 6.45) is 0.727. The molecule has 0 radical (unpaired) electrons. The quantitative estimate of drug-likeness (QED) is 0.542. The highest BCUT2D eigenvalue weighted by Gasteiger charge is 2.14. The predicted molar refractivity (Wildman–Crippen MR) is 88.3 cm³/mol. The van der Waals surface area contributed by atoms with Crippen molar-refractivity contribution in [2.24, 2.45) is 0 Å². The lowest BCUT2D eigenvalue weighted by Crippen LogP contribution is -1.96. The lowest BCUT2D eigenvalue weighted by atomic mass is 10.1. The maximum atomic E-state index is 5.77. The van der Waals surface area contributed by atoms with Gasteiger partial charge in [0.1, 0.15) is 5.52 Å². The molecule has 3 aromatic rings. The molecule has 4 heteroatoms. The number of aryl methyl sites for hydroxylation is 1. The van der Waals surface area contributed by atoms with Crippen molar-refractivity contribution in [3.8, 4) is 0 Å². The van der Waals surface area contributed by atoms with Crippen LogP contribution in [0.25, 0.3) is 11.1 Å². The number of hydrogen-bond acceptors (Lipinski definition) is 2. The third-order valence-electron chi connectivity index (χ3n) is 3.12. The van der Waals surface area contributed by atoms with Crippen molar-refractivity contribution in [1.82, 2.24) is 4.98 Å². The number of fused-ring (bicyclic) bond motifs is 1. The lowest BCUT2D eigenvalue weighted by Gasteiger charge is -2.09. The second kappa shape index (κ2) is 5.70. The standard InChI is InChI=1S/C16H13Br2NO/c1-10-6-11(8-12(17)7-10)13(18)9-16-19-14-4-2-3-5-15(14)20-16/h2-8,13H,9H2,1H3. The summed E-state index contributed by atoms with van der Waals surface area (Å²) in [5.41, 5.74) is 4.20. The lowest BCUT2D eigenvalue weighted by molar-refractivity contribution is 0.527. The SMILES string of the molecule is Cc1cc(Br)cc(C(Br)Cc2nc3ccccc3o2)c1. The topological polar surface area (TPSA) is 26.0 Å². The highest BCUT2D eigenvalue weighted by molar-refractivity contribution is 9.10. The summed E-state index contributed by atoms with van der Waals surface area (Å²) in [5.74, 6) is 0.755. The maximum Gasteiger partial charge on any atom is 0.196 e. The van der Waals surface area contributed by atoms with Crippen LogP contribution in [-0.2, 0) is 6.42 Å². The number of alkyl halides is 1. The third kappa shape index (κ3) is 2.96. The average molecular weight is 395 g/mol. The molecule has 1 unspecified atom stereocenters. The molecule has 0 aliphatic carbocycles. The number of halogens is 2. The summed E-state index contributed by atoms with van der Waals surface area (Å²) >= 11 is 7.26. The summed E-state index contributed by atoms with van der Waals surface area (Å²) in [4.78, 5) is 4.70. The van der Waals surface area contributed by atoms with Gasteiger partial charge in [0.25, 0.3) is 0 Å². The van der Waals surface area contributed by atoms with Crippen molar-refractivity contribution in [2.75, 3.05) is 0 Å². The Balaban J connectivity index is 1.86. The summed E-state index contributed by atoms with van der Waals surface area (Å²) in [6.45, 7) is 2.09. The van der Waals surface area contributed by atoms with E-state index in [1.54, 1.807) is 0 Å². The zero-order valence-electron chi connectivity index (χ0n) is 10.9. The Morgan fingerprint density at radius 2 is 2.00 bits per heavy atom. The molecule has 3 rings (SSSR count). The minimum absolute atomic E-state index is 0.187. The minimum atomic E-state index is 0.187. The monoisotopic (exact) mass is 393 g/mol. The van der Waals surface area contributed by atoms with Gasteiger partial charge < -0.3 is 4.42 Å². The van der Waals surface area contributed by atoms with Crippen LogP contribution in [0.15, 0.2) is 51.4 Å². The smallest absolute Gasteiger partial charge is 0.196 e. The molecule has 0 fully saturated rings. The second-order valence-electron chi connectivity index (χ2n) is 4.81. The van der Waals surface area contributed by atoms with E-state index in [1.807, 2.05) is 24.3 Å². The molecular weight excluding hydrogens is 382 g/mol. The molecule has 0 saturated carbocycles.